The summed E-state index contributed by atoms with van der Waals surface area (Å²) in [7, 11) is 4.55. The zero-order valence-electron chi connectivity index (χ0n) is 22.2. The first-order chi connectivity index (χ1) is 19.3. The Morgan fingerprint density at radius 2 is 1.68 bits per heavy atom. The van der Waals surface area contributed by atoms with Crippen LogP contribution in [0, 0.1) is 10.1 Å². The number of anilines is 2. The zero-order valence-corrected chi connectivity index (χ0v) is 22.2. The number of carbonyl (C=O) groups is 1. The number of carbonyl (C=O) groups excluding carboxylic acids is 1. The van der Waals surface area contributed by atoms with E-state index in [1.807, 2.05) is 18.2 Å². The van der Waals surface area contributed by atoms with E-state index in [-0.39, 0.29) is 17.4 Å². The van der Waals surface area contributed by atoms with Crippen LogP contribution in [0.25, 0.3) is 11.4 Å². The van der Waals surface area contributed by atoms with Gasteiger partial charge in [0.05, 0.1) is 31.8 Å². The topological polar surface area (TPSA) is 143 Å². The largest absolute Gasteiger partial charge is 0.496 e. The van der Waals surface area contributed by atoms with Gasteiger partial charge in [-0.15, -0.1) is 5.10 Å². The molecule has 1 aromatic heterocycles. The van der Waals surface area contributed by atoms with E-state index in [4.69, 9.17) is 19.3 Å². The summed E-state index contributed by atoms with van der Waals surface area (Å²) >= 11 is 0. The molecular weight excluding hydrogens is 516 g/mol. The highest BCUT2D eigenvalue weighted by atomic mass is 16.6. The molecule has 2 N–H and O–H groups in total. The summed E-state index contributed by atoms with van der Waals surface area (Å²) in [5.41, 5.74) is 2.44. The first kappa shape index (κ1) is 26.2. The summed E-state index contributed by atoms with van der Waals surface area (Å²) in [5, 5.41) is 22.2. The lowest BCUT2D eigenvalue weighted by Gasteiger charge is -2.30. The number of methoxy groups -OCH3 is 3. The number of allylic oxidation sites excluding steroid dienone is 1. The molecule has 1 atom stereocenters. The van der Waals surface area contributed by atoms with Crippen LogP contribution in [0.1, 0.15) is 18.5 Å². The number of amides is 1. The van der Waals surface area contributed by atoms with Crippen LogP contribution in [-0.4, -0.2) is 46.9 Å². The smallest absolute Gasteiger partial charge is 0.270 e. The number of hydrogen-bond acceptors (Lipinski definition) is 9. The molecule has 5 rings (SSSR count). The van der Waals surface area contributed by atoms with Crippen molar-refractivity contribution in [1.82, 2.24) is 14.8 Å². The molecule has 0 saturated heterocycles. The molecule has 204 valence electrons. The average molecular weight is 543 g/mol. The van der Waals surface area contributed by atoms with Gasteiger partial charge in [0.25, 0.3) is 11.6 Å². The summed E-state index contributed by atoms with van der Waals surface area (Å²) in [6.45, 7) is 1.77. The molecule has 0 fully saturated rings. The van der Waals surface area contributed by atoms with Crippen LogP contribution in [0.15, 0.2) is 78.0 Å². The molecule has 0 saturated carbocycles. The third kappa shape index (κ3) is 4.77. The number of para-hydroxylation sites is 1. The number of benzene rings is 3. The molecule has 0 radical (unpaired) electrons. The van der Waals surface area contributed by atoms with Crippen molar-refractivity contribution in [1.29, 1.82) is 0 Å². The van der Waals surface area contributed by atoms with Crippen LogP contribution >= 0.6 is 0 Å². The van der Waals surface area contributed by atoms with Crippen molar-refractivity contribution in [3.8, 4) is 28.6 Å². The summed E-state index contributed by atoms with van der Waals surface area (Å²) in [6.07, 6.45) is 0. The van der Waals surface area contributed by atoms with Crippen LogP contribution in [0.5, 0.6) is 17.2 Å². The molecule has 0 aliphatic carbocycles. The molecule has 2 heterocycles. The molecule has 0 spiro atoms. The lowest BCUT2D eigenvalue weighted by Crippen LogP contribution is -2.31. The standard InChI is InChI=1S/C28H26N6O6/c1-16-24(27(35)30-18-10-6-5-7-11-18)25(20-14-22(39-3)23(40-4)15-21(20)38-2)33-28(29-16)31-26(32-33)17-9-8-12-19(13-17)34(36)37/h5-15,25H,1-4H3,(H,30,35)(H,29,31,32). The van der Waals surface area contributed by atoms with Gasteiger partial charge in [-0.1, -0.05) is 30.3 Å². The lowest BCUT2D eigenvalue weighted by atomic mass is 9.93. The van der Waals surface area contributed by atoms with Crippen molar-refractivity contribution < 1.29 is 23.9 Å². The number of hydrogen-bond donors (Lipinski definition) is 2. The minimum Gasteiger partial charge on any atom is -0.496 e. The summed E-state index contributed by atoms with van der Waals surface area (Å²) in [4.78, 5) is 29.3. The molecule has 4 aromatic rings. The van der Waals surface area contributed by atoms with Gasteiger partial charge in [-0.2, -0.15) is 4.98 Å². The van der Waals surface area contributed by atoms with Gasteiger partial charge in [0.1, 0.15) is 11.8 Å². The normalized spacial score (nSPS) is 14.2. The van der Waals surface area contributed by atoms with Gasteiger partial charge in [-0.05, 0) is 25.1 Å². The number of nitro benzene ring substituents is 1. The maximum absolute atomic E-state index is 13.8. The highest BCUT2D eigenvalue weighted by Gasteiger charge is 2.37. The van der Waals surface area contributed by atoms with Crippen molar-refractivity contribution in [2.45, 2.75) is 13.0 Å². The van der Waals surface area contributed by atoms with Crippen molar-refractivity contribution in [3.05, 3.63) is 93.7 Å². The van der Waals surface area contributed by atoms with Crippen molar-refractivity contribution in [2.75, 3.05) is 32.0 Å². The van der Waals surface area contributed by atoms with E-state index in [0.717, 1.165) is 0 Å². The molecule has 1 aliphatic heterocycles. The fraction of sp³-hybridized carbons (Fsp3) is 0.179. The zero-order chi connectivity index (χ0) is 28.4. The van der Waals surface area contributed by atoms with Gasteiger partial charge in [0, 0.05) is 40.7 Å². The quantitative estimate of drug-likeness (QED) is 0.237. The number of nitro groups is 1. The Balaban J connectivity index is 1.69. The summed E-state index contributed by atoms with van der Waals surface area (Å²) in [5.74, 6) is 1.53. The predicted octanol–water partition coefficient (Wildman–Crippen LogP) is 4.81. The van der Waals surface area contributed by atoms with Gasteiger partial charge in [-0.25, -0.2) is 4.68 Å². The molecule has 1 unspecified atom stereocenters. The van der Waals surface area contributed by atoms with Crippen molar-refractivity contribution in [2.24, 2.45) is 0 Å². The second-order valence-electron chi connectivity index (χ2n) is 8.85. The first-order valence-electron chi connectivity index (χ1n) is 12.2. The molecule has 12 heteroatoms. The highest BCUT2D eigenvalue weighted by Crippen LogP contribution is 2.44. The Morgan fingerprint density at radius 1 is 0.975 bits per heavy atom. The molecule has 12 nitrogen and oxygen atoms in total. The average Bonchev–Trinajstić information content (AvgIpc) is 3.40. The fourth-order valence-corrected chi connectivity index (χ4v) is 4.60. The molecule has 3 aromatic carbocycles. The van der Waals surface area contributed by atoms with Crippen LogP contribution in [0.2, 0.25) is 0 Å². The van der Waals surface area contributed by atoms with Crippen LogP contribution in [-0.2, 0) is 4.79 Å². The number of nitrogens with one attached hydrogen (secondary N) is 2. The third-order valence-corrected chi connectivity index (χ3v) is 6.47. The van der Waals surface area contributed by atoms with Gasteiger partial charge < -0.3 is 24.8 Å². The van der Waals surface area contributed by atoms with Gasteiger partial charge >= 0.3 is 0 Å². The van der Waals surface area contributed by atoms with E-state index in [9.17, 15) is 14.9 Å². The van der Waals surface area contributed by atoms with E-state index < -0.39 is 11.0 Å². The van der Waals surface area contributed by atoms with E-state index in [2.05, 4.69) is 15.6 Å². The highest BCUT2D eigenvalue weighted by molar-refractivity contribution is 6.06. The Bertz CT molecular complexity index is 1630. The monoisotopic (exact) mass is 542 g/mol. The second kappa shape index (κ2) is 10.8. The van der Waals surface area contributed by atoms with Gasteiger partial charge in [0.2, 0.25) is 5.95 Å². The van der Waals surface area contributed by atoms with Crippen LogP contribution < -0.4 is 24.8 Å². The van der Waals surface area contributed by atoms with E-state index in [1.54, 1.807) is 48.0 Å². The number of ether oxygens (including phenoxy) is 3. The number of fused-ring (bicyclic) bond motifs is 1. The molecule has 1 amide bonds. The second-order valence-corrected chi connectivity index (χ2v) is 8.85. The molecule has 1 aliphatic rings. The molecule has 0 bridgehead atoms. The minimum atomic E-state index is -0.810. The van der Waals surface area contributed by atoms with E-state index in [0.29, 0.717) is 51.3 Å². The maximum atomic E-state index is 13.8. The van der Waals surface area contributed by atoms with Gasteiger partial charge in [-0.3, -0.25) is 14.9 Å². The summed E-state index contributed by atoms with van der Waals surface area (Å²) in [6, 6.07) is 17.7. The number of nitrogens with zero attached hydrogens (tertiary/aromatic N) is 4. The number of rotatable bonds is 8. The molecule has 40 heavy (non-hydrogen) atoms. The Labute approximate surface area is 229 Å². The molecular formula is C28H26N6O6. The van der Waals surface area contributed by atoms with Crippen molar-refractivity contribution in [3.63, 3.8) is 0 Å². The Morgan fingerprint density at radius 3 is 2.35 bits per heavy atom. The van der Waals surface area contributed by atoms with E-state index >= 15 is 0 Å². The Hall–Kier alpha value is -5.39. The fourth-order valence-electron chi connectivity index (χ4n) is 4.60. The van der Waals surface area contributed by atoms with E-state index in [1.165, 1.54) is 33.5 Å². The first-order valence-corrected chi connectivity index (χ1v) is 12.2. The van der Waals surface area contributed by atoms with Crippen molar-refractivity contribution >= 4 is 23.2 Å². The predicted molar refractivity (Wildman–Crippen MR) is 148 cm³/mol. The minimum absolute atomic E-state index is 0.0893. The third-order valence-electron chi connectivity index (χ3n) is 6.47. The number of aromatic nitrogens is 3. The summed E-state index contributed by atoms with van der Waals surface area (Å²) < 4.78 is 18.3. The van der Waals surface area contributed by atoms with Gasteiger partial charge in [0.15, 0.2) is 17.3 Å². The maximum Gasteiger partial charge on any atom is 0.270 e. The van der Waals surface area contributed by atoms with Crippen LogP contribution in [0.4, 0.5) is 17.3 Å². The van der Waals surface area contributed by atoms with Crippen LogP contribution in [0.3, 0.4) is 0 Å². The number of non-ortho nitro benzene ring substituents is 1. The SMILES string of the molecule is COc1cc(OC)c(C2C(C(=O)Nc3ccccc3)=C(C)Nc3nc(-c4cccc([N+](=O)[O-])c4)nn32)cc1OC. The Kier molecular flexibility index (Phi) is 7.06. The lowest BCUT2D eigenvalue weighted by molar-refractivity contribution is -0.384.